The summed E-state index contributed by atoms with van der Waals surface area (Å²) >= 11 is 0. The zero-order valence-corrected chi connectivity index (χ0v) is 16.0. The van der Waals surface area contributed by atoms with Gasteiger partial charge in [0.15, 0.2) is 0 Å². The van der Waals surface area contributed by atoms with E-state index in [0.717, 1.165) is 17.0 Å². The summed E-state index contributed by atoms with van der Waals surface area (Å²) < 4.78 is 0. The Morgan fingerprint density at radius 2 is 1.81 bits per heavy atom. The summed E-state index contributed by atoms with van der Waals surface area (Å²) in [6, 6.07) is -0.436. The van der Waals surface area contributed by atoms with Gasteiger partial charge in [-0.3, -0.25) is 14.9 Å². The molecular formula is C18H26N6O3. The van der Waals surface area contributed by atoms with E-state index in [-0.39, 0.29) is 30.1 Å². The molecule has 146 valence electrons. The van der Waals surface area contributed by atoms with Gasteiger partial charge in [0.1, 0.15) is 5.54 Å². The van der Waals surface area contributed by atoms with Crippen LogP contribution in [0.15, 0.2) is 0 Å². The molecule has 0 aromatic carbocycles. The van der Waals surface area contributed by atoms with E-state index < -0.39 is 11.6 Å². The number of imide groups is 1. The van der Waals surface area contributed by atoms with Gasteiger partial charge >= 0.3 is 6.03 Å². The number of rotatable bonds is 4. The van der Waals surface area contributed by atoms with Gasteiger partial charge in [-0.1, -0.05) is 6.92 Å². The summed E-state index contributed by atoms with van der Waals surface area (Å²) in [6.07, 6.45) is 2.11. The first-order chi connectivity index (χ1) is 12.8. The Morgan fingerprint density at radius 3 is 2.30 bits per heavy atom. The fourth-order valence-electron chi connectivity index (χ4n) is 4.24. The molecule has 0 saturated carbocycles. The molecule has 1 aromatic heterocycles. The third-order valence-electron chi connectivity index (χ3n) is 5.84. The molecule has 0 spiro atoms. The number of hydrogen-bond donors (Lipinski definition) is 3. The SMILES string of the molecule is CCC1(C2CCN(C(=O)Cc3c(C)nc(N)nc3C)CC2)NC(=O)NC1=O. The van der Waals surface area contributed by atoms with Crippen molar-refractivity contribution < 1.29 is 14.4 Å². The summed E-state index contributed by atoms with van der Waals surface area (Å²) in [5, 5.41) is 5.16. The fraction of sp³-hybridized carbons (Fsp3) is 0.611. The zero-order chi connectivity index (χ0) is 19.8. The highest BCUT2D eigenvalue weighted by Crippen LogP contribution is 2.33. The van der Waals surface area contributed by atoms with Crippen LogP contribution in [0, 0.1) is 19.8 Å². The molecule has 3 rings (SSSR count). The molecule has 2 aliphatic heterocycles. The monoisotopic (exact) mass is 374 g/mol. The lowest BCUT2D eigenvalue weighted by Gasteiger charge is -2.40. The molecule has 0 aliphatic carbocycles. The minimum absolute atomic E-state index is 0.0125. The Labute approximate surface area is 158 Å². The van der Waals surface area contributed by atoms with E-state index in [1.54, 1.807) is 0 Å². The van der Waals surface area contributed by atoms with Gasteiger partial charge in [0, 0.05) is 30.0 Å². The maximum atomic E-state index is 12.7. The lowest BCUT2D eigenvalue weighted by atomic mass is 9.76. The highest BCUT2D eigenvalue weighted by Gasteiger charge is 2.51. The predicted molar refractivity (Wildman–Crippen MR) is 98.6 cm³/mol. The van der Waals surface area contributed by atoms with Crippen LogP contribution in [-0.2, 0) is 16.0 Å². The Bertz CT molecular complexity index is 764. The van der Waals surface area contributed by atoms with Gasteiger partial charge in [0.25, 0.3) is 5.91 Å². The number of nitrogen functional groups attached to an aromatic ring is 1. The largest absolute Gasteiger partial charge is 0.368 e. The molecule has 2 saturated heterocycles. The van der Waals surface area contributed by atoms with Crippen molar-refractivity contribution in [1.82, 2.24) is 25.5 Å². The lowest BCUT2D eigenvalue weighted by molar-refractivity contribution is -0.133. The average molecular weight is 374 g/mol. The van der Waals surface area contributed by atoms with E-state index in [2.05, 4.69) is 20.6 Å². The molecule has 4 N–H and O–H groups in total. The van der Waals surface area contributed by atoms with Crippen molar-refractivity contribution in [2.75, 3.05) is 18.8 Å². The maximum Gasteiger partial charge on any atom is 0.322 e. The second-order valence-corrected chi connectivity index (χ2v) is 7.30. The van der Waals surface area contributed by atoms with Crippen LogP contribution in [0.2, 0.25) is 0 Å². The van der Waals surface area contributed by atoms with E-state index in [9.17, 15) is 14.4 Å². The molecule has 9 nitrogen and oxygen atoms in total. The highest BCUT2D eigenvalue weighted by atomic mass is 16.2. The minimum Gasteiger partial charge on any atom is -0.368 e. The van der Waals surface area contributed by atoms with Gasteiger partial charge in [0.2, 0.25) is 11.9 Å². The van der Waals surface area contributed by atoms with Gasteiger partial charge in [-0.05, 0) is 39.0 Å². The number of carbonyl (C=O) groups excluding carboxylic acids is 3. The zero-order valence-electron chi connectivity index (χ0n) is 16.0. The number of likely N-dealkylation sites (tertiary alicyclic amines) is 1. The van der Waals surface area contributed by atoms with Crippen molar-refractivity contribution in [3.8, 4) is 0 Å². The van der Waals surface area contributed by atoms with Crippen LogP contribution < -0.4 is 16.4 Å². The molecule has 0 bridgehead atoms. The Balaban J connectivity index is 1.65. The number of nitrogens with one attached hydrogen (secondary N) is 2. The number of piperidine rings is 1. The molecule has 2 fully saturated rings. The number of hydrogen-bond acceptors (Lipinski definition) is 6. The van der Waals surface area contributed by atoms with Gasteiger partial charge < -0.3 is 16.0 Å². The summed E-state index contributed by atoms with van der Waals surface area (Å²) in [5.74, 6) is -0.0198. The second-order valence-electron chi connectivity index (χ2n) is 7.30. The number of urea groups is 1. The van der Waals surface area contributed by atoms with E-state index in [1.165, 1.54) is 0 Å². The first kappa shape index (κ1) is 19.1. The van der Waals surface area contributed by atoms with Crippen LogP contribution in [-0.4, -0.2) is 51.3 Å². The van der Waals surface area contributed by atoms with Gasteiger partial charge in [-0.25, -0.2) is 14.8 Å². The summed E-state index contributed by atoms with van der Waals surface area (Å²) in [4.78, 5) is 46.7. The number of aryl methyl sites for hydroxylation is 2. The van der Waals surface area contributed by atoms with Crippen LogP contribution in [0.25, 0.3) is 0 Å². The van der Waals surface area contributed by atoms with E-state index in [4.69, 9.17) is 5.73 Å². The Hall–Kier alpha value is -2.71. The van der Waals surface area contributed by atoms with Crippen LogP contribution in [0.3, 0.4) is 0 Å². The second kappa shape index (κ2) is 7.13. The molecule has 1 unspecified atom stereocenters. The van der Waals surface area contributed by atoms with E-state index in [1.807, 2.05) is 25.7 Å². The Morgan fingerprint density at radius 1 is 1.22 bits per heavy atom. The van der Waals surface area contributed by atoms with Gasteiger partial charge in [-0.2, -0.15) is 0 Å². The first-order valence-electron chi connectivity index (χ1n) is 9.27. The standard InChI is InChI=1S/C18H26N6O3/c1-4-18(15(26)22-17(27)23-18)12-5-7-24(8-6-12)14(25)9-13-10(2)20-16(19)21-11(13)3/h12H,4-9H2,1-3H3,(H2,19,20,21)(H2,22,23,26,27). The van der Waals surface area contributed by atoms with Crippen molar-refractivity contribution in [2.24, 2.45) is 5.92 Å². The molecule has 9 heteroatoms. The smallest absolute Gasteiger partial charge is 0.322 e. The summed E-state index contributed by atoms with van der Waals surface area (Å²) in [6.45, 7) is 6.67. The average Bonchev–Trinajstić information content (AvgIpc) is 2.92. The fourth-order valence-corrected chi connectivity index (χ4v) is 4.24. The van der Waals surface area contributed by atoms with Crippen molar-refractivity contribution in [3.63, 3.8) is 0 Å². The topological polar surface area (TPSA) is 130 Å². The molecule has 0 radical (unpaired) electrons. The highest BCUT2D eigenvalue weighted by molar-refractivity contribution is 6.07. The third-order valence-corrected chi connectivity index (χ3v) is 5.84. The van der Waals surface area contributed by atoms with Crippen molar-refractivity contribution in [2.45, 2.75) is 52.0 Å². The van der Waals surface area contributed by atoms with Crippen LogP contribution in [0.5, 0.6) is 0 Å². The molecule has 3 heterocycles. The first-order valence-corrected chi connectivity index (χ1v) is 9.27. The molecule has 1 aromatic rings. The number of carbonyl (C=O) groups is 3. The van der Waals surface area contributed by atoms with Crippen LogP contribution in [0.4, 0.5) is 10.7 Å². The number of anilines is 1. The normalized spacial score (nSPS) is 23.3. The van der Waals surface area contributed by atoms with Crippen molar-refractivity contribution in [1.29, 1.82) is 0 Å². The van der Waals surface area contributed by atoms with Crippen molar-refractivity contribution >= 4 is 23.8 Å². The van der Waals surface area contributed by atoms with Crippen LogP contribution in [0.1, 0.15) is 43.1 Å². The van der Waals surface area contributed by atoms with Crippen LogP contribution >= 0.6 is 0 Å². The quantitative estimate of drug-likeness (QED) is 0.656. The number of amides is 4. The number of aromatic nitrogens is 2. The predicted octanol–water partition coefficient (Wildman–Crippen LogP) is 0.445. The third kappa shape index (κ3) is 3.45. The van der Waals surface area contributed by atoms with E-state index >= 15 is 0 Å². The Kier molecular flexibility index (Phi) is 5.03. The molecule has 1 atom stereocenters. The maximum absolute atomic E-state index is 12.7. The lowest BCUT2D eigenvalue weighted by Crippen LogP contribution is -2.56. The summed E-state index contributed by atoms with van der Waals surface area (Å²) in [5.41, 5.74) is 7.04. The van der Waals surface area contributed by atoms with Crippen molar-refractivity contribution in [3.05, 3.63) is 17.0 Å². The summed E-state index contributed by atoms with van der Waals surface area (Å²) in [7, 11) is 0. The van der Waals surface area contributed by atoms with Gasteiger partial charge in [-0.15, -0.1) is 0 Å². The molecule has 2 aliphatic rings. The molecule has 4 amide bonds. The number of nitrogens with two attached hydrogens (primary N) is 1. The van der Waals surface area contributed by atoms with E-state index in [0.29, 0.717) is 32.4 Å². The number of nitrogens with zero attached hydrogens (tertiary/aromatic N) is 3. The molecular weight excluding hydrogens is 348 g/mol. The van der Waals surface area contributed by atoms with Gasteiger partial charge in [0.05, 0.1) is 6.42 Å². The minimum atomic E-state index is -0.857. The molecule has 27 heavy (non-hydrogen) atoms.